The molecule has 0 unspecified atom stereocenters. The minimum atomic E-state index is -0.199. The summed E-state index contributed by atoms with van der Waals surface area (Å²) in [7, 11) is 3.20. The van der Waals surface area contributed by atoms with Gasteiger partial charge in [-0.15, -0.1) is 16.4 Å². The maximum atomic E-state index is 12.6. The highest BCUT2D eigenvalue weighted by Crippen LogP contribution is 2.35. The van der Waals surface area contributed by atoms with Crippen molar-refractivity contribution in [1.29, 1.82) is 0 Å². The highest BCUT2D eigenvalue weighted by molar-refractivity contribution is 7.99. The van der Waals surface area contributed by atoms with Gasteiger partial charge in [-0.25, -0.2) is 4.98 Å². The molecular formula is C22H22N6O3S2. The van der Waals surface area contributed by atoms with Crippen LogP contribution in [0, 0.1) is 13.8 Å². The van der Waals surface area contributed by atoms with E-state index in [0.717, 1.165) is 22.4 Å². The number of tetrazole rings is 1. The number of hydrogen-bond acceptors (Lipinski definition) is 9. The molecule has 0 aliphatic carbocycles. The number of methoxy groups -OCH3 is 2. The van der Waals surface area contributed by atoms with E-state index in [2.05, 4.69) is 25.8 Å². The van der Waals surface area contributed by atoms with Gasteiger partial charge < -0.3 is 14.8 Å². The molecule has 33 heavy (non-hydrogen) atoms. The lowest BCUT2D eigenvalue weighted by Crippen LogP contribution is -2.14. The number of amides is 1. The van der Waals surface area contributed by atoms with Crippen LogP contribution >= 0.6 is 23.1 Å². The Morgan fingerprint density at radius 2 is 1.94 bits per heavy atom. The van der Waals surface area contributed by atoms with Crippen LogP contribution < -0.4 is 14.8 Å². The predicted molar refractivity (Wildman–Crippen MR) is 129 cm³/mol. The minimum absolute atomic E-state index is 0.142. The molecule has 0 fully saturated rings. The molecule has 0 spiro atoms. The first-order valence-corrected chi connectivity index (χ1v) is 11.8. The lowest BCUT2D eigenvalue weighted by Gasteiger charge is -2.10. The second-order valence-corrected chi connectivity index (χ2v) is 8.86. The molecule has 2 aromatic heterocycles. The number of carbonyl (C=O) groups excluding carboxylic acids is 1. The third kappa shape index (κ3) is 4.99. The largest absolute Gasteiger partial charge is 0.497 e. The number of hydrogen-bond donors (Lipinski definition) is 1. The van der Waals surface area contributed by atoms with Crippen molar-refractivity contribution in [3.8, 4) is 28.4 Å². The topological polar surface area (TPSA) is 104 Å². The van der Waals surface area contributed by atoms with Gasteiger partial charge in [-0.05, 0) is 53.6 Å². The standard InChI is InChI=1S/C22H22N6O3S2/c1-13-6-5-7-14(2)20(13)28-22(25-26-27-28)33-12-19(29)24-21-23-17(11-32-21)16-10-15(30-3)8-9-18(16)31-4/h5-11H,12H2,1-4H3,(H,23,24,29). The molecular weight excluding hydrogens is 460 g/mol. The maximum Gasteiger partial charge on any atom is 0.236 e. The smallest absolute Gasteiger partial charge is 0.236 e. The Kier molecular flexibility index (Phi) is 6.90. The number of para-hydroxylation sites is 1. The van der Waals surface area contributed by atoms with Gasteiger partial charge in [0.15, 0.2) is 5.13 Å². The van der Waals surface area contributed by atoms with Gasteiger partial charge in [-0.3, -0.25) is 4.79 Å². The maximum absolute atomic E-state index is 12.6. The molecule has 1 N–H and O–H groups in total. The molecule has 2 aromatic carbocycles. The summed E-state index contributed by atoms with van der Waals surface area (Å²) in [6.45, 7) is 4.01. The van der Waals surface area contributed by atoms with Crippen molar-refractivity contribution in [3.05, 3.63) is 52.9 Å². The fourth-order valence-corrected chi connectivity index (χ4v) is 4.71. The van der Waals surface area contributed by atoms with Crippen LogP contribution in [0.3, 0.4) is 0 Å². The molecule has 1 amide bonds. The number of anilines is 1. The fourth-order valence-electron chi connectivity index (χ4n) is 3.30. The van der Waals surface area contributed by atoms with E-state index in [4.69, 9.17) is 9.47 Å². The van der Waals surface area contributed by atoms with Crippen molar-refractivity contribution in [3.63, 3.8) is 0 Å². The quantitative estimate of drug-likeness (QED) is 0.374. The Morgan fingerprint density at radius 1 is 1.15 bits per heavy atom. The number of nitrogens with one attached hydrogen (secondary N) is 1. The summed E-state index contributed by atoms with van der Waals surface area (Å²) in [5.41, 5.74) is 4.50. The van der Waals surface area contributed by atoms with E-state index in [1.54, 1.807) is 18.9 Å². The van der Waals surface area contributed by atoms with Crippen molar-refractivity contribution in [2.45, 2.75) is 19.0 Å². The number of aryl methyl sites for hydroxylation is 2. The van der Waals surface area contributed by atoms with Crippen molar-refractivity contribution in [1.82, 2.24) is 25.2 Å². The highest BCUT2D eigenvalue weighted by atomic mass is 32.2. The minimum Gasteiger partial charge on any atom is -0.497 e. The number of benzene rings is 2. The van der Waals surface area contributed by atoms with Gasteiger partial charge >= 0.3 is 0 Å². The molecule has 0 atom stereocenters. The molecule has 0 aliphatic heterocycles. The first-order valence-electron chi connectivity index (χ1n) is 9.95. The Labute approximate surface area is 199 Å². The number of aromatic nitrogens is 5. The van der Waals surface area contributed by atoms with Gasteiger partial charge in [0.2, 0.25) is 11.1 Å². The molecule has 0 aliphatic rings. The summed E-state index contributed by atoms with van der Waals surface area (Å²) in [6.07, 6.45) is 0. The van der Waals surface area contributed by atoms with Crippen LogP contribution in [0.15, 0.2) is 46.9 Å². The third-order valence-corrected chi connectivity index (χ3v) is 6.53. The van der Waals surface area contributed by atoms with Gasteiger partial charge in [0.05, 0.1) is 31.4 Å². The molecule has 4 aromatic rings. The molecule has 170 valence electrons. The molecule has 0 radical (unpaired) electrons. The van der Waals surface area contributed by atoms with E-state index in [1.807, 2.05) is 55.6 Å². The Bertz CT molecular complexity index is 1270. The second kappa shape index (κ2) is 10.0. The zero-order valence-electron chi connectivity index (χ0n) is 18.5. The van der Waals surface area contributed by atoms with Crippen LogP contribution in [0.1, 0.15) is 11.1 Å². The average Bonchev–Trinajstić information content (AvgIpc) is 3.47. The second-order valence-electron chi connectivity index (χ2n) is 7.05. The van der Waals surface area contributed by atoms with Gasteiger partial charge in [-0.2, -0.15) is 4.68 Å². The molecule has 0 saturated carbocycles. The van der Waals surface area contributed by atoms with Crippen molar-refractivity contribution in [2.75, 3.05) is 25.3 Å². The third-order valence-electron chi connectivity index (χ3n) is 4.86. The number of carbonyl (C=O) groups is 1. The van der Waals surface area contributed by atoms with Gasteiger partial charge in [-0.1, -0.05) is 30.0 Å². The van der Waals surface area contributed by atoms with E-state index in [1.165, 1.54) is 23.1 Å². The van der Waals surface area contributed by atoms with E-state index in [9.17, 15) is 4.79 Å². The Hall–Kier alpha value is -3.44. The highest BCUT2D eigenvalue weighted by Gasteiger charge is 2.16. The lowest BCUT2D eigenvalue weighted by atomic mass is 10.1. The van der Waals surface area contributed by atoms with Crippen LogP contribution in [0.5, 0.6) is 11.5 Å². The number of rotatable bonds is 8. The van der Waals surface area contributed by atoms with Crippen LogP contribution in [0.25, 0.3) is 16.9 Å². The summed E-state index contributed by atoms with van der Waals surface area (Å²) < 4.78 is 12.4. The van der Waals surface area contributed by atoms with Crippen LogP contribution in [-0.2, 0) is 4.79 Å². The summed E-state index contributed by atoms with van der Waals surface area (Å²) >= 11 is 2.60. The first kappa shape index (κ1) is 22.7. The SMILES string of the molecule is COc1ccc(OC)c(-c2csc(NC(=O)CSc3nnnn3-c3c(C)cccc3C)n2)c1. The number of nitrogens with zero attached hydrogens (tertiary/aromatic N) is 5. The molecule has 0 bridgehead atoms. The summed E-state index contributed by atoms with van der Waals surface area (Å²) in [4.78, 5) is 17.1. The monoisotopic (exact) mass is 482 g/mol. The van der Waals surface area contributed by atoms with Crippen molar-refractivity contribution >= 4 is 34.1 Å². The molecule has 0 saturated heterocycles. The van der Waals surface area contributed by atoms with Gasteiger partial charge in [0.1, 0.15) is 11.5 Å². The molecule has 9 nitrogen and oxygen atoms in total. The molecule has 2 heterocycles. The van der Waals surface area contributed by atoms with Gasteiger partial charge in [0.25, 0.3) is 0 Å². The van der Waals surface area contributed by atoms with E-state index in [0.29, 0.717) is 27.5 Å². The van der Waals surface area contributed by atoms with Crippen molar-refractivity contribution in [2.24, 2.45) is 0 Å². The van der Waals surface area contributed by atoms with E-state index < -0.39 is 0 Å². The first-order chi connectivity index (χ1) is 16.0. The van der Waals surface area contributed by atoms with E-state index in [-0.39, 0.29) is 11.7 Å². The average molecular weight is 483 g/mol. The number of ether oxygens (including phenoxy) is 2. The fraction of sp³-hybridized carbons (Fsp3) is 0.227. The normalized spacial score (nSPS) is 10.8. The zero-order chi connectivity index (χ0) is 23.4. The number of thioether (sulfide) groups is 1. The van der Waals surface area contributed by atoms with Crippen LogP contribution in [0.4, 0.5) is 5.13 Å². The van der Waals surface area contributed by atoms with Crippen LogP contribution in [0.2, 0.25) is 0 Å². The predicted octanol–water partition coefficient (Wildman–Crippen LogP) is 4.15. The zero-order valence-corrected chi connectivity index (χ0v) is 20.2. The number of thiazole rings is 1. The van der Waals surface area contributed by atoms with Gasteiger partial charge in [0, 0.05) is 10.9 Å². The lowest BCUT2D eigenvalue weighted by molar-refractivity contribution is -0.113. The molecule has 4 rings (SSSR count). The Balaban J connectivity index is 1.44. The molecule has 11 heteroatoms. The summed E-state index contributed by atoms with van der Waals surface area (Å²) in [5, 5.41) is 17.7. The summed E-state index contributed by atoms with van der Waals surface area (Å²) in [6, 6.07) is 11.5. The summed E-state index contributed by atoms with van der Waals surface area (Å²) in [5.74, 6) is 1.31. The Morgan fingerprint density at radius 3 is 2.67 bits per heavy atom. The van der Waals surface area contributed by atoms with Crippen molar-refractivity contribution < 1.29 is 14.3 Å². The van der Waals surface area contributed by atoms with E-state index >= 15 is 0 Å². The van der Waals surface area contributed by atoms with Crippen LogP contribution in [-0.4, -0.2) is 51.1 Å².